The van der Waals surface area contributed by atoms with Crippen LogP contribution >= 0.6 is 0 Å². The second-order valence-electron chi connectivity index (χ2n) is 5.06. The lowest BCUT2D eigenvalue weighted by Gasteiger charge is -2.24. The van der Waals surface area contributed by atoms with Crippen LogP contribution in [0.3, 0.4) is 0 Å². The molecule has 1 heterocycles. The Kier molecular flexibility index (Phi) is 5.09. The Labute approximate surface area is 93.0 Å². The van der Waals surface area contributed by atoms with Crippen LogP contribution in [0.5, 0.6) is 0 Å². The number of rotatable bonds is 4. The molecule has 1 saturated heterocycles. The molecule has 1 fully saturated rings. The molecule has 1 aliphatic rings. The molecule has 15 heavy (non-hydrogen) atoms. The molecular weight excluding hydrogens is 188 g/mol. The number of piperidine rings is 1. The minimum atomic E-state index is 0.237. The summed E-state index contributed by atoms with van der Waals surface area (Å²) in [5.74, 6) is 1.14. The molecule has 88 valence electrons. The van der Waals surface area contributed by atoms with Crippen molar-refractivity contribution in [3.8, 4) is 0 Å². The number of amides is 1. The SMILES string of the molecule is CC(C)CC(C)NC(=O)C1CCNCC1. The Morgan fingerprint density at radius 2 is 1.93 bits per heavy atom. The zero-order valence-electron chi connectivity index (χ0n) is 10.2. The minimum Gasteiger partial charge on any atom is -0.353 e. The molecule has 0 spiro atoms. The highest BCUT2D eigenvalue weighted by atomic mass is 16.1. The molecule has 1 aliphatic heterocycles. The standard InChI is InChI=1S/C12H24N2O/c1-9(2)8-10(3)14-12(15)11-4-6-13-7-5-11/h9-11,13H,4-8H2,1-3H3,(H,14,15). The highest BCUT2D eigenvalue weighted by molar-refractivity contribution is 5.79. The largest absolute Gasteiger partial charge is 0.353 e. The summed E-state index contributed by atoms with van der Waals surface area (Å²) >= 11 is 0. The fraction of sp³-hybridized carbons (Fsp3) is 0.917. The van der Waals surface area contributed by atoms with Crippen LogP contribution in [0.2, 0.25) is 0 Å². The van der Waals surface area contributed by atoms with Crippen LogP contribution in [0.1, 0.15) is 40.0 Å². The van der Waals surface area contributed by atoms with Crippen molar-refractivity contribution in [3.05, 3.63) is 0 Å². The van der Waals surface area contributed by atoms with E-state index in [4.69, 9.17) is 0 Å². The number of hydrogen-bond donors (Lipinski definition) is 2. The van der Waals surface area contributed by atoms with E-state index in [1.165, 1.54) is 0 Å². The van der Waals surface area contributed by atoms with Crippen molar-refractivity contribution in [2.24, 2.45) is 11.8 Å². The van der Waals surface area contributed by atoms with Crippen molar-refractivity contribution in [2.75, 3.05) is 13.1 Å². The molecule has 0 radical (unpaired) electrons. The predicted molar refractivity (Wildman–Crippen MR) is 62.7 cm³/mol. The molecule has 1 amide bonds. The summed E-state index contributed by atoms with van der Waals surface area (Å²) in [4.78, 5) is 11.9. The zero-order chi connectivity index (χ0) is 11.3. The maximum atomic E-state index is 11.9. The van der Waals surface area contributed by atoms with Gasteiger partial charge in [-0.15, -0.1) is 0 Å². The van der Waals surface area contributed by atoms with Gasteiger partial charge in [-0.1, -0.05) is 13.8 Å². The van der Waals surface area contributed by atoms with Gasteiger partial charge in [0, 0.05) is 12.0 Å². The summed E-state index contributed by atoms with van der Waals surface area (Å²) in [6.07, 6.45) is 3.04. The fourth-order valence-corrected chi connectivity index (χ4v) is 2.21. The van der Waals surface area contributed by atoms with E-state index in [1.807, 2.05) is 0 Å². The Balaban J connectivity index is 2.27. The lowest BCUT2D eigenvalue weighted by Crippen LogP contribution is -2.42. The van der Waals surface area contributed by atoms with Gasteiger partial charge in [-0.2, -0.15) is 0 Å². The maximum absolute atomic E-state index is 11.9. The van der Waals surface area contributed by atoms with E-state index < -0.39 is 0 Å². The summed E-state index contributed by atoms with van der Waals surface area (Å²) in [5, 5.41) is 6.39. The number of hydrogen-bond acceptors (Lipinski definition) is 2. The summed E-state index contributed by atoms with van der Waals surface area (Å²) < 4.78 is 0. The van der Waals surface area contributed by atoms with Crippen LogP contribution in [0.25, 0.3) is 0 Å². The highest BCUT2D eigenvalue weighted by Gasteiger charge is 2.21. The van der Waals surface area contributed by atoms with Gasteiger partial charge >= 0.3 is 0 Å². The van der Waals surface area contributed by atoms with E-state index in [2.05, 4.69) is 31.4 Å². The molecule has 0 saturated carbocycles. The van der Waals surface area contributed by atoms with Crippen molar-refractivity contribution in [1.29, 1.82) is 0 Å². The smallest absolute Gasteiger partial charge is 0.223 e. The van der Waals surface area contributed by atoms with Crippen LogP contribution in [-0.4, -0.2) is 25.0 Å². The number of carbonyl (C=O) groups excluding carboxylic acids is 1. The number of nitrogens with one attached hydrogen (secondary N) is 2. The van der Waals surface area contributed by atoms with Crippen LogP contribution in [0.15, 0.2) is 0 Å². The quantitative estimate of drug-likeness (QED) is 0.742. The molecule has 3 heteroatoms. The summed E-state index contributed by atoms with van der Waals surface area (Å²) in [6.45, 7) is 8.44. The molecule has 1 rings (SSSR count). The van der Waals surface area contributed by atoms with E-state index in [9.17, 15) is 4.79 Å². The van der Waals surface area contributed by atoms with Gasteiger partial charge in [0.25, 0.3) is 0 Å². The van der Waals surface area contributed by atoms with Crippen LogP contribution in [0, 0.1) is 11.8 Å². The van der Waals surface area contributed by atoms with E-state index in [0.29, 0.717) is 12.0 Å². The van der Waals surface area contributed by atoms with Crippen LogP contribution in [0.4, 0.5) is 0 Å². The van der Waals surface area contributed by atoms with Gasteiger partial charge in [-0.25, -0.2) is 0 Å². The molecular formula is C12H24N2O. The Morgan fingerprint density at radius 3 is 2.47 bits per heavy atom. The summed E-state index contributed by atoms with van der Waals surface area (Å²) in [6, 6.07) is 0.312. The first kappa shape index (κ1) is 12.5. The Morgan fingerprint density at radius 1 is 1.33 bits per heavy atom. The topological polar surface area (TPSA) is 41.1 Å². The minimum absolute atomic E-state index is 0.237. The Bertz CT molecular complexity index is 198. The second kappa shape index (κ2) is 6.11. The van der Waals surface area contributed by atoms with Gasteiger partial charge in [0.2, 0.25) is 5.91 Å². The van der Waals surface area contributed by atoms with Crippen LogP contribution in [-0.2, 0) is 4.79 Å². The molecule has 2 N–H and O–H groups in total. The molecule has 0 aliphatic carbocycles. The molecule has 3 nitrogen and oxygen atoms in total. The average molecular weight is 212 g/mol. The monoisotopic (exact) mass is 212 g/mol. The van der Waals surface area contributed by atoms with Crippen molar-refractivity contribution >= 4 is 5.91 Å². The normalized spacial score (nSPS) is 20.3. The number of carbonyl (C=O) groups is 1. The first-order valence-corrected chi connectivity index (χ1v) is 6.10. The van der Waals surface area contributed by atoms with Crippen molar-refractivity contribution < 1.29 is 4.79 Å². The van der Waals surface area contributed by atoms with E-state index in [0.717, 1.165) is 32.4 Å². The van der Waals surface area contributed by atoms with E-state index >= 15 is 0 Å². The first-order valence-electron chi connectivity index (χ1n) is 6.10. The molecule has 0 aromatic carbocycles. The van der Waals surface area contributed by atoms with Gasteiger partial charge in [0.05, 0.1) is 0 Å². The first-order chi connectivity index (χ1) is 7.09. The molecule has 1 atom stereocenters. The second-order valence-corrected chi connectivity index (χ2v) is 5.06. The van der Waals surface area contributed by atoms with Crippen molar-refractivity contribution in [3.63, 3.8) is 0 Å². The zero-order valence-corrected chi connectivity index (χ0v) is 10.2. The van der Waals surface area contributed by atoms with Gasteiger partial charge in [-0.3, -0.25) is 4.79 Å². The third-order valence-electron chi connectivity index (χ3n) is 2.92. The Hall–Kier alpha value is -0.570. The molecule has 1 unspecified atom stereocenters. The third kappa shape index (κ3) is 4.65. The third-order valence-corrected chi connectivity index (χ3v) is 2.92. The summed E-state index contributed by atoms with van der Waals surface area (Å²) in [5.41, 5.74) is 0. The van der Waals surface area contributed by atoms with E-state index in [-0.39, 0.29) is 11.8 Å². The van der Waals surface area contributed by atoms with Crippen LogP contribution < -0.4 is 10.6 Å². The van der Waals surface area contributed by atoms with Gasteiger partial charge in [0.1, 0.15) is 0 Å². The van der Waals surface area contributed by atoms with Gasteiger partial charge in [-0.05, 0) is 45.2 Å². The van der Waals surface area contributed by atoms with Crippen molar-refractivity contribution in [2.45, 2.75) is 46.1 Å². The van der Waals surface area contributed by atoms with E-state index in [1.54, 1.807) is 0 Å². The maximum Gasteiger partial charge on any atom is 0.223 e. The molecule has 0 aromatic rings. The average Bonchev–Trinajstić information content (AvgIpc) is 2.17. The molecule has 0 bridgehead atoms. The van der Waals surface area contributed by atoms with Gasteiger partial charge in [0.15, 0.2) is 0 Å². The summed E-state index contributed by atoms with van der Waals surface area (Å²) in [7, 11) is 0. The fourth-order valence-electron chi connectivity index (χ4n) is 2.21. The highest BCUT2D eigenvalue weighted by Crippen LogP contribution is 2.12. The van der Waals surface area contributed by atoms with Crippen molar-refractivity contribution in [1.82, 2.24) is 10.6 Å². The van der Waals surface area contributed by atoms with Gasteiger partial charge < -0.3 is 10.6 Å². The molecule has 0 aromatic heterocycles. The predicted octanol–water partition coefficient (Wildman–Crippen LogP) is 1.54. The lowest BCUT2D eigenvalue weighted by atomic mass is 9.96. The lowest BCUT2D eigenvalue weighted by molar-refractivity contribution is -0.126.